The van der Waals surface area contributed by atoms with Crippen LogP contribution in [0.2, 0.25) is 0 Å². The summed E-state index contributed by atoms with van der Waals surface area (Å²) >= 11 is 0. The Kier molecular flexibility index (Phi) is 3.29. The molecule has 0 spiro atoms. The van der Waals surface area contributed by atoms with E-state index >= 15 is 0 Å². The summed E-state index contributed by atoms with van der Waals surface area (Å²) in [6, 6.07) is -0.226. The summed E-state index contributed by atoms with van der Waals surface area (Å²) in [6.45, 7) is 1.57. The first-order valence-corrected chi connectivity index (χ1v) is 4.48. The Morgan fingerprint density at radius 2 is 2.14 bits per heavy atom. The minimum absolute atomic E-state index is 0.00454. The molecule has 1 fully saturated rings. The third-order valence-electron chi connectivity index (χ3n) is 2.24. The van der Waals surface area contributed by atoms with Crippen molar-refractivity contribution < 1.29 is 4.74 Å². The molecule has 1 atom stereocenters. The van der Waals surface area contributed by atoms with Gasteiger partial charge >= 0.3 is 0 Å². The van der Waals surface area contributed by atoms with Crippen LogP contribution in [0.15, 0.2) is 0 Å². The fourth-order valence-corrected chi connectivity index (χ4v) is 1.42. The van der Waals surface area contributed by atoms with Crippen LogP contribution < -0.4 is 5.73 Å². The third kappa shape index (κ3) is 2.14. The van der Waals surface area contributed by atoms with Crippen molar-refractivity contribution in [1.29, 1.82) is 10.8 Å². The Balaban J connectivity index is 2.72. The zero-order chi connectivity index (χ0) is 10.7. The van der Waals surface area contributed by atoms with Gasteiger partial charge in [-0.2, -0.15) is 0 Å². The Hall–Kier alpha value is -1.30. The molecule has 0 aromatic carbocycles. The topological polar surface area (TPSA) is 89.4 Å². The number of nitrogens with zero attached hydrogens (tertiary/aromatic N) is 2. The first-order chi connectivity index (χ1) is 6.54. The van der Waals surface area contributed by atoms with Gasteiger partial charge in [-0.3, -0.25) is 10.8 Å². The lowest BCUT2D eigenvalue weighted by Gasteiger charge is -2.37. The number of rotatable bonds is 1. The number of guanidine groups is 1. The molecule has 1 saturated heterocycles. The van der Waals surface area contributed by atoms with Gasteiger partial charge in [0.2, 0.25) is 0 Å². The van der Waals surface area contributed by atoms with Crippen molar-refractivity contribution >= 4 is 11.8 Å². The van der Waals surface area contributed by atoms with Crippen molar-refractivity contribution in [2.45, 2.75) is 6.04 Å². The number of nitrogens with two attached hydrogens (primary N) is 1. The van der Waals surface area contributed by atoms with Crippen molar-refractivity contribution in [3.63, 3.8) is 0 Å². The van der Waals surface area contributed by atoms with E-state index < -0.39 is 0 Å². The molecule has 0 aromatic heterocycles. The van der Waals surface area contributed by atoms with Crippen LogP contribution in [0.25, 0.3) is 0 Å². The lowest BCUT2D eigenvalue weighted by molar-refractivity contribution is 0.0451. The molecule has 0 aliphatic carbocycles. The van der Waals surface area contributed by atoms with E-state index in [0.29, 0.717) is 25.6 Å². The summed E-state index contributed by atoms with van der Waals surface area (Å²) in [5.74, 6) is 0.421. The number of likely N-dealkylation sites (N-methyl/N-ethyl adjacent to an activating group) is 1. The highest BCUT2D eigenvalue weighted by Crippen LogP contribution is 2.08. The van der Waals surface area contributed by atoms with Gasteiger partial charge in [0.15, 0.2) is 5.96 Å². The van der Waals surface area contributed by atoms with Gasteiger partial charge in [0, 0.05) is 20.6 Å². The van der Waals surface area contributed by atoms with Crippen LogP contribution in [0, 0.1) is 10.8 Å². The summed E-state index contributed by atoms with van der Waals surface area (Å²) in [7, 11) is 3.60. The third-order valence-corrected chi connectivity index (χ3v) is 2.24. The van der Waals surface area contributed by atoms with Crippen molar-refractivity contribution in [1.82, 2.24) is 9.80 Å². The SMILES string of the molecule is CN(C)C(=N)C1COCCN1C(=N)N. The normalized spacial score (nSPS) is 21.9. The second-order valence-corrected chi connectivity index (χ2v) is 3.45. The molecule has 0 bridgehead atoms. The van der Waals surface area contributed by atoms with Crippen LogP contribution in [-0.4, -0.2) is 61.5 Å². The number of hydrogen-bond acceptors (Lipinski definition) is 3. The van der Waals surface area contributed by atoms with Crippen molar-refractivity contribution in [3.05, 3.63) is 0 Å². The molecule has 1 unspecified atom stereocenters. The highest BCUT2D eigenvalue weighted by atomic mass is 16.5. The van der Waals surface area contributed by atoms with E-state index in [4.69, 9.17) is 21.3 Å². The number of hydrogen-bond donors (Lipinski definition) is 3. The van der Waals surface area contributed by atoms with Crippen LogP contribution >= 0.6 is 0 Å². The molecular weight excluding hydrogens is 182 g/mol. The average molecular weight is 199 g/mol. The zero-order valence-electron chi connectivity index (χ0n) is 8.58. The van der Waals surface area contributed by atoms with E-state index in [1.165, 1.54) is 0 Å². The molecular formula is C8H17N5O. The first-order valence-electron chi connectivity index (χ1n) is 4.48. The predicted molar refractivity (Wildman–Crippen MR) is 54.6 cm³/mol. The van der Waals surface area contributed by atoms with Crippen molar-refractivity contribution in [2.24, 2.45) is 5.73 Å². The van der Waals surface area contributed by atoms with Crippen LogP contribution in [0.5, 0.6) is 0 Å². The molecule has 6 nitrogen and oxygen atoms in total. The summed E-state index contributed by atoms with van der Waals surface area (Å²) < 4.78 is 5.27. The van der Waals surface area contributed by atoms with Gasteiger partial charge in [-0.1, -0.05) is 0 Å². The zero-order valence-corrected chi connectivity index (χ0v) is 8.58. The molecule has 1 aliphatic heterocycles. The monoisotopic (exact) mass is 199 g/mol. The molecule has 0 radical (unpaired) electrons. The molecule has 6 heteroatoms. The largest absolute Gasteiger partial charge is 0.377 e. The molecule has 1 rings (SSSR count). The molecule has 0 amide bonds. The van der Waals surface area contributed by atoms with E-state index in [2.05, 4.69) is 0 Å². The highest BCUT2D eigenvalue weighted by molar-refractivity contribution is 5.89. The summed E-state index contributed by atoms with van der Waals surface area (Å²) in [6.07, 6.45) is 0. The molecule has 1 aliphatic rings. The smallest absolute Gasteiger partial charge is 0.189 e. The Morgan fingerprint density at radius 1 is 1.50 bits per heavy atom. The van der Waals surface area contributed by atoms with Gasteiger partial charge in [0.1, 0.15) is 11.9 Å². The molecule has 0 saturated carbocycles. The quantitative estimate of drug-likeness (QED) is 0.378. The second kappa shape index (κ2) is 4.28. The minimum Gasteiger partial charge on any atom is -0.377 e. The summed E-state index contributed by atoms with van der Waals surface area (Å²) in [4.78, 5) is 3.39. The minimum atomic E-state index is -0.226. The Morgan fingerprint density at radius 3 is 2.64 bits per heavy atom. The van der Waals surface area contributed by atoms with Gasteiger partial charge in [-0.15, -0.1) is 0 Å². The molecule has 0 aromatic rings. The predicted octanol–water partition coefficient (Wildman–Crippen LogP) is -0.880. The highest BCUT2D eigenvalue weighted by Gasteiger charge is 2.28. The lowest BCUT2D eigenvalue weighted by Crippen LogP contribution is -2.57. The van der Waals surface area contributed by atoms with E-state index in [9.17, 15) is 0 Å². The van der Waals surface area contributed by atoms with E-state index in [-0.39, 0.29) is 12.0 Å². The Bertz CT molecular complexity index is 240. The number of ether oxygens (including phenoxy) is 1. The van der Waals surface area contributed by atoms with Gasteiger partial charge in [0.25, 0.3) is 0 Å². The maximum atomic E-state index is 7.81. The molecule has 4 N–H and O–H groups in total. The average Bonchev–Trinajstić information content (AvgIpc) is 2.16. The lowest BCUT2D eigenvalue weighted by atomic mass is 10.2. The van der Waals surface area contributed by atoms with Crippen LogP contribution in [0.4, 0.5) is 0 Å². The van der Waals surface area contributed by atoms with Crippen molar-refractivity contribution in [2.75, 3.05) is 33.9 Å². The first kappa shape index (κ1) is 10.8. The summed E-state index contributed by atoms with van der Waals surface area (Å²) in [5.41, 5.74) is 5.43. The van der Waals surface area contributed by atoms with Crippen LogP contribution in [0.3, 0.4) is 0 Å². The molecule has 14 heavy (non-hydrogen) atoms. The number of amidine groups is 1. The number of morpholine rings is 1. The second-order valence-electron chi connectivity index (χ2n) is 3.45. The fourth-order valence-electron chi connectivity index (χ4n) is 1.42. The Labute approximate surface area is 83.6 Å². The van der Waals surface area contributed by atoms with Crippen molar-refractivity contribution in [3.8, 4) is 0 Å². The van der Waals surface area contributed by atoms with Crippen LogP contribution in [0.1, 0.15) is 0 Å². The molecule has 80 valence electrons. The fraction of sp³-hybridized carbons (Fsp3) is 0.750. The van der Waals surface area contributed by atoms with Gasteiger partial charge in [-0.25, -0.2) is 0 Å². The number of nitrogens with one attached hydrogen (secondary N) is 2. The van der Waals surface area contributed by atoms with Gasteiger partial charge in [0.05, 0.1) is 13.2 Å². The van der Waals surface area contributed by atoms with E-state index in [1.54, 1.807) is 23.9 Å². The standard InChI is InChI=1S/C8H17N5O/c1-12(2)7(9)6-5-14-4-3-13(6)8(10)11/h6,9H,3-5H2,1-2H3,(H3,10,11). The summed E-state index contributed by atoms with van der Waals surface area (Å²) in [5, 5.41) is 15.2. The van der Waals surface area contributed by atoms with E-state index in [0.717, 1.165) is 0 Å². The van der Waals surface area contributed by atoms with Gasteiger partial charge < -0.3 is 20.3 Å². The van der Waals surface area contributed by atoms with Gasteiger partial charge in [-0.05, 0) is 0 Å². The maximum absolute atomic E-state index is 7.81. The van der Waals surface area contributed by atoms with E-state index in [1.807, 2.05) is 0 Å². The maximum Gasteiger partial charge on any atom is 0.189 e. The molecule has 1 heterocycles. The van der Waals surface area contributed by atoms with Crippen LogP contribution in [-0.2, 0) is 4.74 Å².